The molecule has 0 bridgehead atoms. The number of hydrogen-bond acceptors (Lipinski definition) is 1. The highest BCUT2D eigenvalue weighted by Gasteiger charge is 2.00. The zero-order chi connectivity index (χ0) is 8.69. The van der Waals surface area contributed by atoms with E-state index in [1.807, 2.05) is 6.08 Å². The lowest BCUT2D eigenvalue weighted by Crippen LogP contribution is -2.27. The van der Waals surface area contributed by atoms with Gasteiger partial charge in [-0.1, -0.05) is 6.08 Å². The van der Waals surface area contributed by atoms with Gasteiger partial charge in [0.1, 0.15) is 0 Å². The van der Waals surface area contributed by atoms with E-state index in [0.717, 1.165) is 6.42 Å². The Bertz CT molecular complexity index is 97.0. The van der Waals surface area contributed by atoms with Crippen molar-refractivity contribution in [2.24, 2.45) is 0 Å². The Morgan fingerprint density at radius 2 is 2.00 bits per heavy atom. The molecule has 66 valence electrons. The first-order valence-electron chi connectivity index (χ1n) is 4.49. The van der Waals surface area contributed by atoms with Crippen molar-refractivity contribution in [3.63, 3.8) is 0 Å². The van der Waals surface area contributed by atoms with Crippen LogP contribution < -0.4 is 0 Å². The maximum absolute atomic E-state index is 3.70. The van der Waals surface area contributed by atoms with Gasteiger partial charge in [0.15, 0.2) is 0 Å². The molecule has 0 aliphatic rings. The second-order valence-electron chi connectivity index (χ2n) is 3.36. The average molecular weight is 155 g/mol. The van der Waals surface area contributed by atoms with Crippen LogP contribution in [0.1, 0.15) is 33.1 Å². The SMILES string of the molecule is C=CCCCCN(C)C(C)C. The van der Waals surface area contributed by atoms with Crippen molar-refractivity contribution >= 4 is 0 Å². The van der Waals surface area contributed by atoms with Gasteiger partial charge in [-0.15, -0.1) is 6.58 Å². The van der Waals surface area contributed by atoms with Crippen LogP contribution in [0.3, 0.4) is 0 Å². The van der Waals surface area contributed by atoms with Crippen molar-refractivity contribution in [1.29, 1.82) is 0 Å². The minimum absolute atomic E-state index is 0.679. The lowest BCUT2D eigenvalue weighted by Gasteiger charge is -2.20. The van der Waals surface area contributed by atoms with Crippen LogP contribution in [0.15, 0.2) is 12.7 Å². The molecule has 0 aromatic rings. The molecule has 0 saturated carbocycles. The van der Waals surface area contributed by atoms with Crippen molar-refractivity contribution in [1.82, 2.24) is 4.90 Å². The van der Waals surface area contributed by atoms with Crippen LogP contribution in [0.5, 0.6) is 0 Å². The third-order valence-corrected chi connectivity index (χ3v) is 2.05. The van der Waals surface area contributed by atoms with Gasteiger partial charge in [0.05, 0.1) is 0 Å². The summed E-state index contributed by atoms with van der Waals surface area (Å²) in [6.07, 6.45) is 5.72. The van der Waals surface area contributed by atoms with Crippen LogP contribution in [-0.2, 0) is 0 Å². The molecule has 0 spiro atoms. The molecule has 0 atom stereocenters. The van der Waals surface area contributed by atoms with Crippen molar-refractivity contribution in [3.8, 4) is 0 Å². The van der Waals surface area contributed by atoms with Gasteiger partial charge in [-0.3, -0.25) is 0 Å². The summed E-state index contributed by atoms with van der Waals surface area (Å²) in [6, 6.07) is 0.679. The minimum atomic E-state index is 0.679. The summed E-state index contributed by atoms with van der Waals surface area (Å²) in [6.45, 7) is 9.37. The zero-order valence-electron chi connectivity index (χ0n) is 8.14. The quantitative estimate of drug-likeness (QED) is 0.421. The Morgan fingerprint density at radius 1 is 1.36 bits per heavy atom. The van der Waals surface area contributed by atoms with Gasteiger partial charge in [0, 0.05) is 6.04 Å². The second-order valence-corrected chi connectivity index (χ2v) is 3.36. The first kappa shape index (κ1) is 10.7. The van der Waals surface area contributed by atoms with E-state index < -0.39 is 0 Å². The summed E-state index contributed by atoms with van der Waals surface area (Å²) in [4.78, 5) is 2.38. The summed E-state index contributed by atoms with van der Waals surface area (Å²) in [5.74, 6) is 0. The van der Waals surface area contributed by atoms with Gasteiger partial charge in [-0.2, -0.15) is 0 Å². The highest BCUT2D eigenvalue weighted by molar-refractivity contribution is 4.66. The normalized spacial score (nSPS) is 11.0. The van der Waals surface area contributed by atoms with Crippen LogP contribution in [0.25, 0.3) is 0 Å². The van der Waals surface area contributed by atoms with Crippen molar-refractivity contribution in [2.45, 2.75) is 39.2 Å². The molecule has 0 N–H and O–H groups in total. The molecule has 0 aromatic heterocycles. The molecule has 0 aliphatic carbocycles. The van der Waals surface area contributed by atoms with Crippen LogP contribution in [0.2, 0.25) is 0 Å². The van der Waals surface area contributed by atoms with Gasteiger partial charge < -0.3 is 4.90 Å². The van der Waals surface area contributed by atoms with E-state index in [2.05, 4.69) is 32.4 Å². The van der Waals surface area contributed by atoms with E-state index in [-0.39, 0.29) is 0 Å². The smallest absolute Gasteiger partial charge is 0.00355 e. The molecule has 0 aromatic carbocycles. The Hall–Kier alpha value is -0.300. The third-order valence-electron chi connectivity index (χ3n) is 2.05. The number of unbranched alkanes of at least 4 members (excludes halogenated alkanes) is 2. The van der Waals surface area contributed by atoms with Crippen molar-refractivity contribution in [2.75, 3.05) is 13.6 Å². The number of hydrogen-bond donors (Lipinski definition) is 0. The Morgan fingerprint density at radius 3 is 2.45 bits per heavy atom. The van der Waals surface area contributed by atoms with Crippen molar-refractivity contribution in [3.05, 3.63) is 12.7 Å². The van der Waals surface area contributed by atoms with Gasteiger partial charge in [0.2, 0.25) is 0 Å². The van der Waals surface area contributed by atoms with E-state index in [0.29, 0.717) is 6.04 Å². The fraction of sp³-hybridized carbons (Fsp3) is 0.800. The molecule has 0 radical (unpaired) electrons. The lowest BCUT2D eigenvalue weighted by molar-refractivity contribution is 0.268. The number of allylic oxidation sites excluding steroid dienone is 1. The van der Waals surface area contributed by atoms with Crippen LogP contribution in [0, 0.1) is 0 Å². The molecule has 0 fully saturated rings. The molecule has 1 nitrogen and oxygen atoms in total. The summed E-state index contributed by atoms with van der Waals surface area (Å²) >= 11 is 0. The van der Waals surface area contributed by atoms with E-state index >= 15 is 0 Å². The van der Waals surface area contributed by atoms with Crippen molar-refractivity contribution < 1.29 is 0 Å². The summed E-state index contributed by atoms with van der Waals surface area (Å²) in [7, 11) is 2.18. The summed E-state index contributed by atoms with van der Waals surface area (Å²) in [5.41, 5.74) is 0. The zero-order valence-corrected chi connectivity index (χ0v) is 8.14. The number of nitrogens with zero attached hydrogens (tertiary/aromatic N) is 1. The van der Waals surface area contributed by atoms with Crippen LogP contribution in [-0.4, -0.2) is 24.5 Å². The van der Waals surface area contributed by atoms with E-state index in [9.17, 15) is 0 Å². The van der Waals surface area contributed by atoms with Gasteiger partial charge in [-0.05, 0) is 46.7 Å². The van der Waals surface area contributed by atoms with Gasteiger partial charge in [-0.25, -0.2) is 0 Å². The predicted octanol–water partition coefficient (Wildman–Crippen LogP) is 2.68. The molecule has 0 amide bonds. The topological polar surface area (TPSA) is 3.24 Å². The fourth-order valence-corrected chi connectivity index (χ4v) is 0.908. The third kappa shape index (κ3) is 6.11. The molecule has 11 heavy (non-hydrogen) atoms. The molecule has 0 aliphatic heterocycles. The Labute approximate surface area is 71.1 Å². The molecule has 0 rings (SSSR count). The van der Waals surface area contributed by atoms with E-state index in [4.69, 9.17) is 0 Å². The molecule has 1 heteroatoms. The minimum Gasteiger partial charge on any atom is -0.304 e. The molecular weight excluding hydrogens is 134 g/mol. The molecular formula is C10H21N. The maximum Gasteiger partial charge on any atom is 0.00355 e. The van der Waals surface area contributed by atoms with Crippen LogP contribution in [0.4, 0.5) is 0 Å². The summed E-state index contributed by atoms with van der Waals surface area (Å²) < 4.78 is 0. The first-order chi connectivity index (χ1) is 5.18. The molecule has 0 unspecified atom stereocenters. The lowest BCUT2D eigenvalue weighted by atomic mass is 10.2. The first-order valence-corrected chi connectivity index (χ1v) is 4.49. The fourth-order valence-electron chi connectivity index (χ4n) is 0.908. The highest BCUT2D eigenvalue weighted by Crippen LogP contribution is 2.00. The van der Waals surface area contributed by atoms with E-state index in [1.54, 1.807) is 0 Å². The average Bonchev–Trinajstić information content (AvgIpc) is 1.97. The second kappa shape index (κ2) is 6.41. The number of rotatable bonds is 6. The molecule has 0 heterocycles. The largest absolute Gasteiger partial charge is 0.304 e. The van der Waals surface area contributed by atoms with Gasteiger partial charge >= 0.3 is 0 Å². The molecule has 0 saturated heterocycles. The maximum atomic E-state index is 3.70. The van der Waals surface area contributed by atoms with Gasteiger partial charge in [0.25, 0.3) is 0 Å². The van der Waals surface area contributed by atoms with Crippen LogP contribution >= 0.6 is 0 Å². The Balaban J connectivity index is 3.17. The monoisotopic (exact) mass is 155 g/mol. The Kier molecular flexibility index (Phi) is 6.24. The van der Waals surface area contributed by atoms with E-state index in [1.165, 1.54) is 19.4 Å². The predicted molar refractivity (Wildman–Crippen MR) is 51.8 cm³/mol. The highest BCUT2D eigenvalue weighted by atomic mass is 15.1. The standard InChI is InChI=1S/C10H21N/c1-5-6-7-8-9-11(4)10(2)3/h5,10H,1,6-9H2,2-4H3. The summed E-state index contributed by atoms with van der Waals surface area (Å²) in [5, 5.41) is 0.